The number of ether oxygens (including phenoxy) is 2. The lowest BCUT2D eigenvalue weighted by atomic mass is 10.2. The zero-order valence-electron chi connectivity index (χ0n) is 13.1. The maximum absolute atomic E-state index is 11.7. The van der Waals surface area contributed by atoms with E-state index in [1.807, 2.05) is 38.1 Å². The van der Waals surface area contributed by atoms with Gasteiger partial charge in [-0.3, -0.25) is 15.6 Å². The average molecular weight is 325 g/mol. The smallest absolute Gasteiger partial charge is 0.241 e. The quantitative estimate of drug-likeness (QED) is 0.518. The van der Waals surface area contributed by atoms with E-state index in [1.54, 1.807) is 7.11 Å². The molecular formula is C15H23N3O3S. The van der Waals surface area contributed by atoms with Crippen LogP contribution in [-0.2, 0) is 9.53 Å². The van der Waals surface area contributed by atoms with Crippen LogP contribution in [0.2, 0.25) is 0 Å². The molecule has 0 aromatic heterocycles. The van der Waals surface area contributed by atoms with Crippen molar-refractivity contribution in [3.8, 4) is 5.75 Å². The van der Waals surface area contributed by atoms with Crippen LogP contribution in [0.4, 0.5) is 0 Å². The highest BCUT2D eigenvalue weighted by Crippen LogP contribution is 2.15. The van der Waals surface area contributed by atoms with Gasteiger partial charge in [0.1, 0.15) is 5.75 Å². The van der Waals surface area contributed by atoms with Crippen LogP contribution < -0.4 is 20.9 Å². The Morgan fingerprint density at radius 1 is 1.32 bits per heavy atom. The van der Waals surface area contributed by atoms with Gasteiger partial charge in [-0.05, 0) is 37.7 Å². The van der Waals surface area contributed by atoms with Crippen LogP contribution >= 0.6 is 12.2 Å². The molecule has 0 saturated carbocycles. The molecule has 7 heteroatoms. The van der Waals surface area contributed by atoms with Crippen molar-refractivity contribution in [2.24, 2.45) is 0 Å². The summed E-state index contributed by atoms with van der Waals surface area (Å²) in [5.41, 5.74) is 6.20. The van der Waals surface area contributed by atoms with Crippen LogP contribution in [0.25, 0.3) is 0 Å². The topological polar surface area (TPSA) is 71.6 Å². The molecule has 3 N–H and O–H groups in total. The molecule has 1 amide bonds. The highest BCUT2D eigenvalue weighted by molar-refractivity contribution is 7.80. The van der Waals surface area contributed by atoms with Gasteiger partial charge < -0.3 is 14.8 Å². The van der Waals surface area contributed by atoms with Gasteiger partial charge in [0.2, 0.25) is 5.91 Å². The molecule has 22 heavy (non-hydrogen) atoms. The Labute approximate surface area is 136 Å². The summed E-state index contributed by atoms with van der Waals surface area (Å²) in [6.07, 6.45) is 0.234. The number of benzene rings is 1. The van der Waals surface area contributed by atoms with Crippen molar-refractivity contribution in [3.63, 3.8) is 0 Å². The molecule has 1 aromatic rings. The summed E-state index contributed by atoms with van der Waals surface area (Å²) in [5.74, 6) is 0.589. The molecule has 0 radical (unpaired) electrons. The fourth-order valence-corrected chi connectivity index (χ4v) is 1.96. The summed E-state index contributed by atoms with van der Waals surface area (Å²) >= 11 is 5.05. The minimum absolute atomic E-state index is 0.0614. The fourth-order valence-electron chi connectivity index (χ4n) is 1.71. The summed E-state index contributed by atoms with van der Waals surface area (Å²) in [7, 11) is 1.62. The second-order valence-corrected chi connectivity index (χ2v) is 5.28. The first-order valence-corrected chi connectivity index (χ1v) is 7.46. The average Bonchev–Trinajstić information content (AvgIpc) is 2.47. The van der Waals surface area contributed by atoms with Crippen LogP contribution in [0.15, 0.2) is 24.3 Å². The molecule has 0 heterocycles. The van der Waals surface area contributed by atoms with Crippen LogP contribution in [0, 0.1) is 6.92 Å². The van der Waals surface area contributed by atoms with Crippen molar-refractivity contribution in [2.75, 3.05) is 20.3 Å². The third-order valence-electron chi connectivity index (χ3n) is 2.79. The summed E-state index contributed by atoms with van der Waals surface area (Å²) in [4.78, 5) is 11.7. The number of rotatable bonds is 7. The van der Waals surface area contributed by atoms with Gasteiger partial charge in [-0.15, -0.1) is 0 Å². The predicted octanol–water partition coefficient (Wildman–Crippen LogP) is 1.29. The number of para-hydroxylation sites is 1. The largest absolute Gasteiger partial charge is 0.493 e. The number of hydrogen-bond donors (Lipinski definition) is 3. The van der Waals surface area contributed by atoms with Crippen molar-refractivity contribution < 1.29 is 14.3 Å². The Morgan fingerprint density at radius 3 is 2.73 bits per heavy atom. The van der Waals surface area contributed by atoms with Gasteiger partial charge in [0.25, 0.3) is 0 Å². The molecule has 122 valence electrons. The Kier molecular flexibility index (Phi) is 8.24. The van der Waals surface area contributed by atoms with Crippen molar-refractivity contribution >= 4 is 23.2 Å². The van der Waals surface area contributed by atoms with Gasteiger partial charge in [0, 0.05) is 13.2 Å². The lowest BCUT2D eigenvalue weighted by Crippen LogP contribution is -2.50. The van der Waals surface area contributed by atoms with E-state index in [-0.39, 0.29) is 18.4 Å². The first-order chi connectivity index (χ1) is 10.5. The van der Waals surface area contributed by atoms with E-state index in [0.29, 0.717) is 18.3 Å². The summed E-state index contributed by atoms with van der Waals surface area (Å²) in [5, 5.41) is 3.32. The molecule has 0 bridgehead atoms. The van der Waals surface area contributed by atoms with E-state index < -0.39 is 0 Å². The van der Waals surface area contributed by atoms with E-state index in [2.05, 4.69) is 16.2 Å². The highest BCUT2D eigenvalue weighted by Gasteiger charge is 2.06. The molecule has 0 aliphatic rings. The number of amides is 1. The summed E-state index contributed by atoms with van der Waals surface area (Å²) < 4.78 is 10.5. The number of hydrazine groups is 1. The normalized spacial score (nSPS) is 11.4. The highest BCUT2D eigenvalue weighted by atomic mass is 32.1. The van der Waals surface area contributed by atoms with Crippen molar-refractivity contribution in [1.29, 1.82) is 0 Å². The third-order valence-corrected chi connectivity index (χ3v) is 3.01. The SMILES string of the molecule is COC[C@H](C)NC(=S)NNC(=O)CCOc1ccccc1C. The van der Waals surface area contributed by atoms with Gasteiger partial charge in [0.15, 0.2) is 5.11 Å². The van der Waals surface area contributed by atoms with E-state index in [4.69, 9.17) is 21.7 Å². The Balaban J connectivity index is 2.18. The van der Waals surface area contributed by atoms with Gasteiger partial charge in [0.05, 0.1) is 19.6 Å². The molecule has 0 fully saturated rings. The van der Waals surface area contributed by atoms with E-state index in [1.165, 1.54) is 0 Å². The predicted molar refractivity (Wildman–Crippen MR) is 89.6 cm³/mol. The maximum Gasteiger partial charge on any atom is 0.241 e. The number of carbonyl (C=O) groups excluding carboxylic acids is 1. The molecule has 0 aliphatic heterocycles. The molecular weight excluding hydrogens is 302 g/mol. The first-order valence-electron chi connectivity index (χ1n) is 7.05. The molecule has 0 unspecified atom stereocenters. The van der Waals surface area contributed by atoms with Crippen molar-refractivity contribution in [1.82, 2.24) is 16.2 Å². The monoisotopic (exact) mass is 325 g/mol. The van der Waals surface area contributed by atoms with E-state index in [0.717, 1.165) is 11.3 Å². The van der Waals surface area contributed by atoms with Crippen LogP contribution in [-0.4, -0.2) is 37.4 Å². The standard InChI is InChI=1S/C15H23N3O3S/c1-11-6-4-5-7-13(11)21-9-8-14(19)17-18-15(22)16-12(2)10-20-3/h4-7,12H,8-10H2,1-3H3,(H,17,19)(H2,16,18,22)/t12-/m0/s1. The Hall–Kier alpha value is -1.86. The number of methoxy groups -OCH3 is 1. The lowest BCUT2D eigenvalue weighted by molar-refractivity contribution is -0.122. The van der Waals surface area contributed by atoms with Gasteiger partial charge >= 0.3 is 0 Å². The van der Waals surface area contributed by atoms with E-state index in [9.17, 15) is 4.79 Å². The van der Waals surface area contributed by atoms with Crippen molar-refractivity contribution in [3.05, 3.63) is 29.8 Å². The van der Waals surface area contributed by atoms with Gasteiger partial charge in [-0.25, -0.2) is 0 Å². The van der Waals surface area contributed by atoms with Crippen LogP contribution in [0.3, 0.4) is 0 Å². The third kappa shape index (κ3) is 7.24. The molecule has 6 nitrogen and oxygen atoms in total. The first kappa shape index (κ1) is 18.2. The van der Waals surface area contributed by atoms with Crippen LogP contribution in [0.1, 0.15) is 18.9 Å². The number of nitrogens with one attached hydrogen (secondary N) is 3. The number of hydrogen-bond acceptors (Lipinski definition) is 4. The maximum atomic E-state index is 11.7. The van der Waals surface area contributed by atoms with Crippen LogP contribution in [0.5, 0.6) is 5.75 Å². The fraction of sp³-hybridized carbons (Fsp3) is 0.467. The molecule has 0 saturated heterocycles. The van der Waals surface area contributed by atoms with Gasteiger partial charge in [-0.1, -0.05) is 18.2 Å². The Morgan fingerprint density at radius 2 is 2.05 bits per heavy atom. The zero-order valence-corrected chi connectivity index (χ0v) is 14.0. The zero-order chi connectivity index (χ0) is 16.4. The molecule has 0 aliphatic carbocycles. The van der Waals surface area contributed by atoms with E-state index >= 15 is 0 Å². The number of thiocarbonyl (C=S) groups is 1. The lowest BCUT2D eigenvalue weighted by Gasteiger charge is -2.16. The summed E-state index contributed by atoms with van der Waals surface area (Å²) in [6.45, 7) is 4.72. The minimum atomic E-state index is -0.197. The second-order valence-electron chi connectivity index (χ2n) is 4.87. The number of aryl methyl sites for hydroxylation is 1. The molecule has 0 spiro atoms. The molecule has 1 atom stereocenters. The van der Waals surface area contributed by atoms with Crippen molar-refractivity contribution in [2.45, 2.75) is 26.3 Å². The molecule has 1 aromatic carbocycles. The minimum Gasteiger partial charge on any atom is -0.493 e. The molecule has 1 rings (SSSR count). The van der Waals surface area contributed by atoms with Gasteiger partial charge in [-0.2, -0.15) is 0 Å². The summed E-state index contributed by atoms with van der Waals surface area (Å²) in [6, 6.07) is 7.74. The number of carbonyl (C=O) groups is 1. The second kappa shape index (κ2) is 9.97. The Bertz CT molecular complexity index is 497.